The third-order valence-electron chi connectivity index (χ3n) is 4.29. The summed E-state index contributed by atoms with van der Waals surface area (Å²) < 4.78 is 21.7. The SMILES string of the molecule is C=CCCOC(=O)C1CCC2C(OC)OC(OC)C2C1. The van der Waals surface area contributed by atoms with E-state index in [2.05, 4.69) is 6.58 Å². The maximum absolute atomic E-state index is 12.0. The van der Waals surface area contributed by atoms with Crippen molar-refractivity contribution >= 4 is 5.97 Å². The number of carbonyl (C=O) groups excluding carboxylic acids is 1. The van der Waals surface area contributed by atoms with Crippen molar-refractivity contribution < 1.29 is 23.7 Å². The largest absolute Gasteiger partial charge is 0.465 e. The smallest absolute Gasteiger partial charge is 0.308 e. The van der Waals surface area contributed by atoms with Gasteiger partial charge in [-0.25, -0.2) is 0 Å². The average Bonchev–Trinajstić information content (AvgIpc) is 2.84. The van der Waals surface area contributed by atoms with E-state index in [9.17, 15) is 4.79 Å². The predicted octanol–water partition coefficient (Wildman–Crippen LogP) is 2.11. The quantitative estimate of drug-likeness (QED) is 0.425. The van der Waals surface area contributed by atoms with Gasteiger partial charge in [0.25, 0.3) is 0 Å². The third-order valence-corrected chi connectivity index (χ3v) is 4.29. The van der Waals surface area contributed by atoms with Gasteiger partial charge in [0, 0.05) is 26.1 Å². The maximum Gasteiger partial charge on any atom is 0.308 e. The topological polar surface area (TPSA) is 54.0 Å². The number of carbonyl (C=O) groups is 1. The third kappa shape index (κ3) is 3.22. The zero-order valence-corrected chi connectivity index (χ0v) is 12.2. The lowest BCUT2D eigenvalue weighted by Crippen LogP contribution is -2.34. The molecule has 1 heterocycles. The molecule has 2 aliphatic rings. The van der Waals surface area contributed by atoms with Crippen LogP contribution in [-0.2, 0) is 23.7 Å². The highest BCUT2D eigenvalue weighted by atomic mass is 16.8. The van der Waals surface area contributed by atoms with E-state index in [0.717, 1.165) is 19.3 Å². The van der Waals surface area contributed by atoms with Gasteiger partial charge in [0.05, 0.1) is 12.5 Å². The van der Waals surface area contributed by atoms with E-state index >= 15 is 0 Å². The number of ether oxygens (including phenoxy) is 4. The van der Waals surface area contributed by atoms with Crippen LogP contribution in [0.5, 0.6) is 0 Å². The maximum atomic E-state index is 12.0. The van der Waals surface area contributed by atoms with Gasteiger partial charge in [-0.15, -0.1) is 6.58 Å². The monoisotopic (exact) mass is 284 g/mol. The first kappa shape index (κ1) is 15.5. The molecular formula is C15H24O5. The Morgan fingerprint density at radius 3 is 2.60 bits per heavy atom. The number of fused-ring (bicyclic) bond motifs is 1. The Labute approximate surface area is 120 Å². The minimum Gasteiger partial charge on any atom is -0.465 e. The summed E-state index contributed by atoms with van der Waals surface area (Å²) in [6.45, 7) is 4.03. The van der Waals surface area contributed by atoms with Crippen molar-refractivity contribution in [3.63, 3.8) is 0 Å². The molecule has 5 unspecified atom stereocenters. The molecule has 1 aliphatic heterocycles. The molecule has 1 aliphatic carbocycles. The van der Waals surface area contributed by atoms with E-state index in [1.165, 1.54) is 0 Å². The molecule has 0 radical (unpaired) electrons. The Kier molecular flexibility index (Phi) is 5.57. The van der Waals surface area contributed by atoms with Gasteiger partial charge in [0.1, 0.15) is 0 Å². The Bertz CT molecular complexity index is 343. The van der Waals surface area contributed by atoms with Crippen molar-refractivity contribution in [1.29, 1.82) is 0 Å². The Balaban J connectivity index is 1.91. The number of methoxy groups -OCH3 is 2. The molecule has 5 heteroatoms. The van der Waals surface area contributed by atoms with Gasteiger partial charge in [-0.2, -0.15) is 0 Å². The summed E-state index contributed by atoms with van der Waals surface area (Å²) in [4.78, 5) is 12.0. The van der Waals surface area contributed by atoms with E-state index in [0.29, 0.717) is 18.9 Å². The fourth-order valence-electron chi connectivity index (χ4n) is 3.25. The molecule has 0 bridgehead atoms. The minimum absolute atomic E-state index is 0.0575. The molecule has 5 atom stereocenters. The molecule has 2 fully saturated rings. The second-order valence-electron chi connectivity index (χ2n) is 5.43. The molecule has 0 spiro atoms. The summed E-state index contributed by atoms with van der Waals surface area (Å²) in [5.41, 5.74) is 0. The minimum atomic E-state index is -0.284. The van der Waals surface area contributed by atoms with E-state index in [1.54, 1.807) is 20.3 Å². The first-order chi connectivity index (χ1) is 9.71. The second-order valence-corrected chi connectivity index (χ2v) is 5.43. The van der Waals surface area contributed by atoms with Crippen molar-refractivity contribution in [2.45, 2.75) is 38.3 Å². The van der Waals surface area contributed by atoms with Crippen LogP contribution >= 0.6 is 0 Å². The summed E-state index contributed by atoms with van der Waals surface area (Å²) >= 11 is 0. The first-order valence-electron chi connectivity index (χ1n) is 7.19. The summed E-state index contributed by atoms with van der Waals surface area (Å²) in [5, 5.41) is 0. The van der Waals surface area contributed by atoms with Gasteiger partial charge >= 0.3 is 5.97 Å². The van der Waals surface area contributed by atoms with Crippen molar-refractivity contribution in [2.75, 3.05) is 20.8 Å². The van der Waals surface area contributed by atoms with Gasteiger partial charge in [0.15, 0.2) is 12.6 Å². The summed E-state index contributed by atoms with van der Waals surface area (Å²) in [6.07, 6.45) is 4.42. The molecule has 114 valence electrons. The lowest BCUT2D eigenvalue weighted by atomic mass is 9.74. The summed E-state index contributed by atoms with van der Waals surface area (Å²) in [5.74, 6) is 0.344. The number of rotatable bonds is 6. The van der Waals surface area contributed by atoms with Crippen molar-refractivity contribution in [2.24, 2.45) is 17.8 Å². The van der Waals surface area contributed by atoms with Crippen molar-refractivity contribution in [3.05, 3.63) is 12.7 Å². The molecule has 0 aromatic carbocycles. The highest BCUT2D eigenvalue weighted by Crippen LogP contribution is 2.45. The van der Waals surface area contributed by atoms with Gasteiger partial charge in [-0.05, 0) is 25.7 Å². The van der Waals surface area contributed by atoms with Crippen LogP contribution < -0.4 is 0 Å². The van der Waals surface area contributed by atoms with Crippen LogP contribution in [0.4, 0.5) is 0 Å². The fourth-order valence-corrected chi connectivity index (χ4v) is 3.25. The molecule has 20 heavy (non-hydrogen) atoms. The Morgan fingerprint density at radius 2 is 1.95 bits per heavy atom. The first-order valence-corrected chi connectivity index (χ1v) is 7.19. The molecule has 0 aromatic rings. The van der Waals surface area contributed by atoms with Crippen LogP contribution in [-0.4, -0.2) is 39.4 Å². The second kappa shape index (κ2) is 7.20. The van der Waals surface area contributed by atoms with Gasteiger partial charge < -0.3 is 18.9 Å². The van der Waals surface area contributed by atoms with Crippen molar-refractivity contribution in [1.82, 2.24) is 0 Å². The number of hydrogen-bond acceptors (Lipinski definition) is 5. The molecule has 0 aromatic heterocycles. The number of hydrogen-bond donors (Lipinski definition) is 0. The fraction of sp³-hybridized carbons (Fsp3) is 0.800. The van der Waals surface area contributed by atoms with Gasteiger partial charge in [-0.1, -0.05) is 6.08 Å². The highest BCUT2D eigenvalue weighted by Gasteiger charge is 2.49. The predicted molar refractivity (Wildman–Crippen MR) is 72.8 cm³/mol. The molecule has 1 saturated carbocycles. The molecule has 0 N–H and O–H groups in total. The Hall–Kier alpha value is -0.910. The number of esters is 1. The highest BCUT2D eigenvalue weighted by molar-refractivity contribution is 5.72. The van der Waals surface area contributed by atoms with Gasteiger partial charge in [-0.3, -0.25) is 4.79 Å². The van der Waals surface area contributed by atoms with Crippen LogP contribution in [0.1, 0.15) is 25.7 Å². The standard InChI is InChI=1S/C15H24O5/c1-4-5-8-19-13(16)10-6-7-11-12(9-10)15(18-3)20-14(11)17-2/h4,10-12,14-15H,1,5-9H2,2-3H3. The van der Waals surface area contributed by atoms with Gasteiger partial charge in [0.2, 0.25) is 0 Å². The van der Waals surface area contributed by atoms with E-state index in [1.807, 2.05) is 0 Å². The summed E-state index contributed by atoms with van der Waals surface area (Å²) in [6, 6.07) is 0. The normalized spacial score (nSPS) is 36.4. The molecule has 2 rings (SSSR count). The van der Waals surface area contributed by atoms with E-state index in [4.69, 9.17) is 18.9 Å². The van der Waals surface area contributed by atoms with Crippen LogP contribution in [0.3, 0.4) is 0 Å². The molecule has 5 nitrogen and oxygen atoms in total. The van der Waals surface area contributed by atoms with Crippen LogP contribution in [0, 0.1) is 17.8 Å². The lowest BCUT2D eigenvalue weighted by Gasteiger charge is -2.32. The zero-order valence-electron chi connectivity index (χ0n) is 12.2. The van der Waals surface area contributed by atoms with Crippen LogP contribution in [0.15, 0.2) is 12.7 Å². The Morgan fingerprint density at radius 1 is 1.25 bits per heavy atom. The van der Waals surface area contributed by atoms with E-state index < -0.39 is 0 Å². The van der Waals surface area contributed by atoms with Crippen LogP contribution in [0.25, 0.3) is 0 Å². The molecule has 0 amide bonds. The van der Waals surface area contributed by atoms with Crippen LogP contribution in [0.2, 0.25) is 0 Å². The van der Waals surface area contributed by atoms with E-state index in [-0.39, 0.29) is 30.4 Å². The van der Waals surface area contributed by atoms with Crippen molar-refractivity contribution in [3.8, 4) is 0 Å². The summed E-state index contributed by atoms with van der Waals surface area (Å²) in [7, 11) is 3.28. The molecule has 1 saturated heterocycles. The molecular weight excluding hydrogens is 260 g/mol. The average molecular weight is 284 g/mol. The zero-order chi connectivity index (χ0) is 14.5. The lowest BCUT2D eigenvalue weighted by molar-refractivity contribution is -0.197.